The van der Waals surface area contributed by atoms with Crippen LogP contribution in [0.1, 0.15) is 17.8 Å². The zero-order valence-corrected chi connectivity index (χ0v) is 17.5. The first kappa shape index (κ1) is 19.5. The lowest BCUT2D eigenvalue weighted by Crippen LogP contribution is -2.28. The normalized spacial score (nSPS) is 13.5. The van der Waals surface area contributed by atoms with E-state index < -0.39 is 0 Å². The van der Waals surface area contributed by atoms with Crippen LogP contribution in [0.5, 0.6) is 11.5 Å². The predicted octanol–water partition coefficient (Wildman–Crippen LogP) is 4.66. The van der Waals surface area contributed by atoms with Gasteiger partial charge in [-0.3, -0.25) is 4.79 Å². The lowest BCUT2D eigenvalue weighted by atomic mass is 10.1. The number of amides is 1. The Labute approximate surface area is 174 Å². The first-order chi connectivity index (χ1) is 14.2. The molecule has 0 N–H and O–H groups in total. The van der Waals surface area contributed by atoms with Crippen LogP contribution in [0.2, 0.25) is 0 Å². The second kappa shape index (κ2) is 8.66. The molecule has 0 radical (unpaired) electrons. The van der Waals surface area contributed by atoms with E-state index in [4.69, 9.17) is 14.5 Å². The molecule has 1 aliphatic rings. The van der Waals surface area contributed by atoms with Crippen molar-refractivity contribution in [3.8, 4) is 33.2 Å². The van der Waals surface area contributed by atoms with Gasteiger partial charge in [0.15, 0.2) is 0 Å². The van der Waals surface area contributed by atoms with Crippen molar-refractivity contribution < 1.29 is 14.3 Å². The average Bonchev–Trinajstić information content (AvgIpc) is 3.44. The summed E-state index contributed by atoms with van der Waals surface area (Å²) in [6, 6.07) is 15.8. The summed E-state index contributed by atoms with van der Waals surface area (Å²) in [5, 5.41) is 0.846. The Kier molecular flexibility index (Phi) is 5.81. The minimum atomic E-state index is 0.166. The van der Waals surface area contributed by atoms with Gasteiger partial charge in [0.25, 0.3) is 0 Å². The minimum absolute atomic E-state index is 0.166. The maximum atomic E-state index is 12.6. The highest BCUT2D eigenvalue weighted by Crippen LogP contribution is 2.38. The van der Waals surface area contributed by atoms with Gasteiger partial charge in [-0.1, -0.05) is 0 Å². The van der Waals surface area contributed by atoms with E-state index in [1.54, 1.807) is 25.6 Å². The molecule has 1 amide bonds. The van der Waals surface area contributed by atoms with Crippen LogP contribution in [0.3, 0.4) is 0 Å². The number of rotatable bonds is 6. The summed E-state index contributed by atoms with van der Waals surface area (Å²) in [5.41, 5.74) is 2.97. The third kappa shape index (κ3) is 4.27. The van der Waals surface area contributed by atoms with E-state index >= 15 is 0 Å². The number of likely N-dealkylation sites (tertiary alicyclic amines) is 1. The Morgan fingerprint density at radius 3 is 2.03 bits per heavy atom. The lowest BCUT2D eigenvalue weighted by molar-refractivity contribution is -0.129. The van der Waals surface area contributed by atoms with Crippen molar-refractivity contribution in [2.75, 3.05) is 27.3 Å². The number of hydrogen-bond donors (Lipinski definition) is 0. The zero-order valence-electron chi connectivity index (χ0n) is 16.7. The number of thiazole rings is 1. The second-order valence-corrected chi connectivity index (χ2v) is 8.09. The van der Waals surface area contributed by atoms with Crippen LogP contribution in [0.15, 0.2) is 48.5 Å². The van der Waals surface area contributed by atoms with Crippen molar-refractivity contribution >= 4 is 17.2 Å². The largest absolute Gasteiger partial charge is 0.497 e. The van der Waals surface area contributed by atoms with E-state index in [0.717, 1.165) is 64.1 Å². The maximum Gasteiger partial charge on any atom is 0.229 e. The third-order valence-electron chi connectivity index (χ3n) is 5.15. The number of hydrogen-bond acceptors (Lipinski definition) is 5. The molecule has 5 nitrogen and oxygen atoms in total. The topological polar surface area (TPSA) is 51.7 Å². The van der Waals surface area contributed by atoms with Crippen LogP contribution in [0.25, 0.3) is 21.7 Å². The summed E-state index contributed by atoms with van der Waals surface area (Å²) in [4.78, 5) is 20.5. The van der Waals surface area contributed by atoms with Crippen molar-refractivity contribution in [1.82, 2.24) is 9.88 Å². The predicted molar refractivity (Wildman–Crippen MR) is 116 cm³/mol. The first-order valence-electron chi connectivity index (χ1n) is 9.74. The van der Waals surface area contributed by atoms with Gasteiger partial charge in [0.1, 0.15) is 16.5 Å². The standard InChI is InChI=1S/C23H24N2O3S/c1-27-18-9-5-16(6-10-18)22-23(17-7-11-19(28-2)12-8-17)29-20(24-22)15-21(26)25-13-3-4-14-25/h5-12H,3-4,13-15H2,1-2H3. The molecule has 0 aliphatic carbocycles. The van der Waals surface area contributed by atoms with E-state index in [2.05, 4.69) is 0 Å². The van der Waals surface area contributed by atoms with Gasteiger partial charge in [-0.25, -0.2) is 4.98 Å². The fourth-order valence-corrected chi connectivity index (χ4v) is 4.61. The fourth-order valence-electron chi connectivity index (χ4n) is 3.53. The second-order valence-electron chi connectivity index (χ2n) is 7.01. The van der Waals surface area contributed by atoms with Gasteiger partial charge < -0.3 is 14.4 Å². The monoisotopic (exact) mass is 408 g/mol. The average molecular weight is 409 g/mol. The highest BCUT2D eigenvalue weighted by Gasteiger charge is 2.22. The van der Waals surface area contributed by atoms with Gasteiger partial charge in [0.2, 0.25) is 5.91 Å². The molecule has 0 spiro atoms. The van der Waals surface area contributed by atoms with Crippen molar-refractivity contribution in [2.45, 2.75) is 19.3 Å². The number of carbonyl (C=O) groups excluding carboxylic acids is 1. The summed E-state index contributed by atoms with van der Waals surface area (Å²) in [7, 11) is 3.31. The fraction of sp³-hybridized carbons (Fsp3) is 0.304. The number of benzene rings is 2. The molecule has 1 aliphatic heterocycles. The first-order valence-corrected chi connectivity index (χ1v) is 10.6. The Hall–Kier alpha value is -2.86. The van der Waals surface area contributed by atoms with Gasteiger partial charge in [0, 0.05) is 18.7 Å². The molecule has 150 valence electrons. The molecule has 0 unspecified atom stereocenters. The van der Waals surface area contributed by atoms with E-state index in [9.17, 15) is 4.79 Å². The lowest BCUT2D eigenvalue weighted by Gasteiger charge is -2.13. The van der Waals surface area contributed by atoms with Crippen LogP contribution in [0, 0.1) is 0 Å². The Morgan fingerprint density at radius 2 is 1.48 bits per heavy atom. The molecule has 0 saturated carbocycles. The van der Waals surface area contributed by atoms with Crippen LogP contribution in [-0.2, 0) is 11.2 Å². The number of carbonyl (C=O) groups is 1. The van der Waals surface area contributed by atoms with Gasteiger partial charge in [0.05, 0.1) is 31.2 Å². The van der Waals surface area contributed by atoms with Crippen molar-refractivity contribution in [3.05, 3.63) is 53.5 Å². The van der Waals surface area contributed by atoms with E-state index in [0.29, 0.717) is 6.42 Å². The Balaban J connectivity index is 1.69. The molecular formula is C23H24N2O3S. The molecule has 1 fully saturated rings. The molecular weight excluding hydrogens is 384 g/mol. The van der Waals surface area contributed by atoms with Crippen LogP contribution in [-0.4, -0.2) is 43.1 Å². The number of nitrogens with zero attached hydrogens (tertiary/aromatic N) is 2. The SMILES string of the molecule is COc1ccc(-c2nc(CC(=O)N3CCCC3)sc2-c2ccc(OC)cc2)cc1. The molecule has 3 aromatic rings. The summed E-state index contributed by atoms with van der Waals surface area (Å²) >= 11 is 1.59. The van der Waals surface area contributed by atoms with Gasteiger partial charge in [-0.15, -0.1) is 11.3 Å². The summed E-state index contributed by atoms with van der Waals surface area (Å²) in [5.74, 6) is 1.78. The van der Waals surface area contributed by atoms with Gasteiger partial charge >= 0.3 is 0 Å². The summed E-state index contributed by atoms with van der Waals surface area (Å²) in [6.07, 6.45) is 2.54. The van der Waals surface area contributed by atoms with E-state index in [-0.39, 0.29) is 5.91 Å². The van der Waals surface area contributed by atoms with E-state index in [1.807, 2.05) is 53.4 Å². The Morgan fingerprint density at radius 1 is 0.931 bits per heavy atom. The zero-order chi connectivity index (χ0) is 20.2. The van der Waals surface area contributed by atoms with E-state index in [1.165, 1.54) is 0 Å². The van der Waals surface area contributed by atoms with Crippen molar-refractivity contribution in [1.29, 1.82) is 0 Å². The highest BCUT2D eigenvalue weighted by atomic mass is 32.1. The molecule has 29 heavy (non-hydrogen) atoms. The third-order valence-corrected chi connectivity index (χ3v) is 6.25. The van der Waals surface area contributed by atoms with Crippen LogP contribution in [0.4, 0.5) is 0 Å². The molecule has 1 saturated heterocycles. The number of ether oxygens (including phenoxy) is 2. The minimum Gasteiger partial charge on any atom is -0.497 e. The van der Waals surface area contributed by atoms with Crippen LogP contribution >= 0.6 is 11.3 Å². The Bertz CT molecular complexity index is 909. The van der Waals surface area contributed by atoms with Crippen molar-refractivity contribution in [2.24, 2.45) is 0 Å². The molecule has 2 heterocycles. The van der Waals surface area contributed by atoms with Crippen LogP contribution < -0.4 is 9.47 Å². The number of methoxy groups -OCH3 is 2. The maximum absolute atomic E-state index is 12.6. The molecule has 0 atom stereocenters. The molecule has 6 heteroatoms. The summed E-state index contributed by atoms with van der Waals surface area (Å²) < 4.78 is 10.6. The molecule has 2 aromatic carbocycles. The molecule has 0 bridgehead atoms. The van der Waals surface area contributed by atoms with Crippen molar-refractivity contribution in [3.63, 3.8) is 0 Å². The quantitative estimate of drug-likeness (QED) is 0.595. The molecule has 4 rings (SSSR count). The van der Waals surface area contributed by atoms with Gasteiger partial charge in [-0.2, -0.15) is 0 Å². The highest BCUT2D eigenvalue weighted by molar-refractivity contribution is 7.15. The smallest absolute Gasteiger partial charge is 0.229 e. The van der Waals surface area contributed by atoms with Gasteiger partial charge in [-0.05, 0) is 66.9 Å². The summed E-state index contributed by atoms with van der Waals surface area (Å²) in [6.45, 7) is 1.72. The molecule has 1 aromatic heterocycles. The number of aromatic nitrogens is 1.